The fourth-order valence-electron chi connectivity index (χ4n) is 5.34. The second-order valence-corrected chi connectivity index (χ2v) is 11.8. The van der Waals surface area contributed by atoms with E-state index >= 15 is 0 Å². The fourth-order valence-corrected chi connectivity index (χ4v) is 5.34. The van der Waals surface area contributed by atoms with Crippen molar-refractivity contribution in [3.8, 4) is 11.4 Å². The van der Waals surface area contributed by atoms with Crippen molar-refractivity contribution in [3.63, 3.8) is 0 Å². The zero-order valence-corrected chi connectivity index (χ0v) is 25.3. The van der Waals surface area contributed by atoms with Crippen LogP contribution in [0.4, 0.5) is 10.2 Å². The van der Waals surface area contributed by atoms with Crippen LogP contribution in [0.15, 0.2) is 85.2 Å². The minimum Gasteiger partial charge on any atom is -0.482 e. The molecule has 6 rings (SSSR count). The predicted octanol–water partition coefficient (Wildman–Crippen LogP) is 6.77. The molecule has 228 valence electrons. The second kappa shape index (κ2) is 11.6. The molecule has 5 aromatic rings. The zero-order chi connectivity index (χ0) is 31.9. The molecule has 0 saturated heterocycles. The van der Waals surface area contributed by atoms with E-state index in [4.69, 9.17) is 9.47 Å². The first-order valence-electron chi connectivity index (χ1n) is 14.6. The van der Waals surface area contributed by atoms with Crippen molar-refractivity contribution in [2.45, 2.75) is 52.2 Å². The number of ether oxygens (including phenoxy) is 2. The number of hydrogen-bond acceptors (Lipinski definition) is 7. The molecule has 1 aliphatic heterocycles. The molecule has 3 heterocycles. The van der Waals surface area contributed by atoms with Crippen LogP contribution in [0, 0.1) is 5.82 Å². The van der Waals surface area contributed by atoms with Crippen molar-refractivity contribution < 1.29 is 28.2 Å². The van der Waals surface area contributed by atoms with E-state index in [9.17, 15) is 18.8 Å². The first kappa shape index (κ1) is 29.7. The third-order valence-electron chi connectivity index (χ3n) is 7.35. The van der Waals surface area contributed by atoms with Gasteiger partial charge in [0.2, 0.25) is 0 Å². The molecule has 0 radical (unpaired) electrons. The van der Waals surface area contributed by atoms with Gasteiger partial charge in [-0.05, 0) is 94.3 Å². The molecule has 2 aromatic heterocycles. The molecule has 2 amide bonds. The summed E-state index contributed by atoms with van der Waals surface area (Å²) in [6, 6.07) is 19.8. The number of benzene rings is 3. The van der Waals surface area contributed by atoms with E-state index in [1.54, 1.807) is 53.5 Å². The van der Waals surface area contributed by atoms with Gasteiger partial charge in [0.05, 0.1) is 22.3 Å². The number of halogens is 1. The van der Waals surface area contributed by atoms with E-state index in [2.05, 4.69) is 10.1 Å². The van der Waals surface area contributed by atoms with Crippen LogP contribution in [0.3, 0.4) is 0 Å². The summed E-state index contributed by atoms with van der Waals surface area (Å²) < 4.78 is 27.9. The largest absolute Gasteiger partial charge is 0.482 e. The molecule has 0 fully saturated rings. The van der Waals surface area contributed by atoms with Crippen molar-refractivity contribution in [2.75, 3.05) is 4.90 Å². The molecule has 1 unspecified atom stereocenters. The summed E-state index contributed by atoms with van der Waals surface area (Å²) in [5.74, 6) is -1.68. The summed E-state index contributed by atoms with van der Waals surface area (Å²) in [7, 11) is 0. The lowest BCUT2D eigenvalue weighted by atomic mass is 10.0. The van der Waals surface area contributed by atoms with Crippen molar-refractivity contribution in [1.82, 2.24) is 14.8 Å². The van der Waals surface area contributed by atoms with Gasteiger partial charge in [-0.1, -0.05) is 18.2 Å². The third kappa shape index (κ3) is 6.04. The van der Waals surface area contributed by atoms with E-state index in [1.807, 2.05) is 45.9 Å². The molecule has 10 heteroatoms. The number of imide groups is 1. The number of carbonyl (C=O) groups excluding carboxylic acids is 3. The number of rotatable bonds is 8. The highest BCUT2D eigenvalue weighted by Crippen LogP contribution is 2.38. The van der Waals surface area contributed by atoms with Gasteiger partial charge < -0.3 is 9.47 Å². The van der Waals surface area contributed by atoms with Crippen molar-refractivity contribution in [2.24, 2.45) is 0 Å². The smallest absolute Gasteiger partial charge is 0.306 e. The molecule has 0 saturated carbocycles. The van der Waals surface area contributed by atoms with Crippen LogP contribution in [-0.4, -0.2) is 38.1 Å². The SMILES string of the molecule is CC(Oc1cc2cc(F)ccc2nc1N1C(=O)c2ccccc2C1=O)c1cc(CCC(=O)OC(C)(C)C)ccc1-n1cccn1. The maximum atomic E-state index is 14.2. The number of anilines is 1. The van der Waals surface area contributed by atoms with E-state index in [0.717, 1.165) is 21.7 Å². The molecular weight excluding hydrogens is 575 g/mol. The van der Waals surface area contributed by atoms with Crippen LogP contribution in [0.2, 0.25) is 0 Å². The molecule has 1 aliphatic rings. The van der Waals surface area contributed by atoms with Crippen molar-refractivity contribution >= 4 is 34.5 Å². The lowest BCUT2D eigenvalue weighted by molar-refractivity contribution is -0.154. The summed E-state index contributed by atoms with van der Waals surface area (Å²) in [6.07, 6.45) is 3.43. The number of aromatic nitrogens is 3. The molecule has 0 N–H and O–H groups in total. The van der Waals surface area contributed by atoms with E-state index < -0.39 is 29.3 Å². The van der Waals surface area contributed by atoms with Gasteiger partial charge in [0.25, 0.3) is 11.8 Å². The average molecular weight is 607 g/mol. The Morgan fingerprint density at radius 2 is 1.69 bits per heavy atom. The normalized spacial score (nSPS) is 13.7. The maximum Gasteiger partial charge on any atom is 0.306 e. The number of hydrogen-bond donors (Lipinski definition) is 0. The Balaban J connectivity index is 1.39. The molecule has 3 aromatic carbocycles. The number of carbonyl (C=O) groups is 3. The minimum atomic E-state index is -0.660. The molecule has 0 aliphatic carbocycles. The van der Waals surface area contributed by atoms with Gasteiger partial charge in [-0.25, -0.2) is 19.0 Å². The van der Waals surface area contributed by atoms with Crippen molar-refractivity contribution in [1.29, 1.82) is 0 Å². The first-order valence-corrected chi connectivity index (χ1v) is 14.6. The standard InChI is InChI=1S/C35H31FN4O5/c1-21(27-18-22(11-15-31(41)45-35(2,3)4)10-14-29(27)39-17-7-16-37-39)44-30-20-23-19-24(36)12-13-28(23)38-32(30)40-33(42)25-8-5-6-9-26(25)34(40)43/h5-10,12-14,16-21H,11,15H2,1-4H3. The Morgan fingerprint density at radius 3 is 2.36 bits per heavy atom. The number of pyridine rings is 1. The molecular formula is C35H31FN4O5. The van der Waals surface area contributed by atoms with Crippen LogP contribution in [0.1, 0.15) is 72.1 Å². The summed E-state index contributed by atoms with van der Waals surface area (Å²) in [4.78, 5) is 45.0. The summed E-state index contributed by atoms with van der Waals surface area (Å²) in [5.41, 5.74) is 2.68. The zero-order valence-electron chi connectivity index (χ0n) is 25.3. The highest BCUT2D eigenvalue weighted by molar-refractivity contribution is 6.34. The lowest BCUT2D eigenvalue weighted by Crippen LogP contribution is -2.31. The van der Waals surface area contributed by atoms with Gasteiger partial charge in [0.15, 0.2) is 11.6 Å². The number of fused-ring (bicyclic) bond motifs is 2. The lowest BCUT2D eigenvalue weighted by Gasteiger charge is -2.23. The summed E-state index contributed by atoms with van der Waals surface area (Å²) in [6.45, 7) is 7.30. The van der Waals surface area contributed by atoms with E-state index in [0.29, 0.717) is 17.3 Å². The molecule has 45 heavy (non-hydrogen) atoms. The first-order chi connectivity index (χ1) is 21.5. The number of nitrogens with zero attached hydrogens (tertiary/aromatic N) is 4. The predicted molar refractivity (Wildman–Crippen MR) is 166 cm³/mol. The van der Waals surface area contributed by atoms with Gasteiger partial charge in [-0.15, -0.1) is 0 Å². The molecule has 9 nitrogen and oxygen atoms in total. The van der Waals surface area contributed by atoms with Crippen LogP contribution in [-0.2, 0) is 16.0 Å². The number of esters is 1. The van der Waals surface area contributed by atoms with Crippen LogP contribution in [0.5, 0.6) is 5.75 Å². The van der Waals surface area contributed by atoms with Crippen LogP contribution < -0.4 is 9.64 Å². The van der Waals surface area contributed by atoms with Gasteiger partial charge in [0.1, 0.15) is 17.5 Å². The Hall–Kier alpha value is -5.38. The maximum absolute atomic E-state index is 14.2. The topological polar surface area (TPSA) is 104 Å². The number of amides is 2. The Morgan fingerprint density at radius 1 is 0.956 bits per heavy atom. The van der Waals surface area contributed by atoms with Crippen molar-refractivity contribution in [3.05, 3.63) is 113 Å². The van der Waals surface area contributed by atoms with Gasteiger partial charge in [0, 0.05) is 29.8 Å². The minimum absolute atomic E-state index is 0.00822. The van der Waals surface area contributed by atoms with Gasteiger partial charge in [-0.2, -0.15) is 5.10 Å². The van der Waals surface area contributed by atoms with E-state index in [1.165, 1.54) is 18.2 Å². The molecule has 1 atom stereocenters. The average Bonchev–Trinajstić information content (AvgIpc) is 3.62. The third-order valence-corrected chi connectivity index (χ3v) is 7.35. The van der Waals surface area contributed by atoms with Gasteiger partial charge >= 0.3 is 5.97 Å². The van der Waals surface area contributed by atoms with Crippen LogP contribution in [0.25, 0.3) is 16.6 Å². The number of aryl methyl sites for hydroxylation is 1. The van der Waals surface area contributed by atoms with Gasteiger partial charge in [-0.3, -0.25) is 14.4 Å². The second-order valence-electron chi connectivity index (χ2n) is 11.8. The fraction of sp³-hybridized carbons (Fsp3) is 0.229. The van der Waals surface area contributed by atoms with Crippen LogP contribution >= 0.6 is 0 Å². The highest BCUT2D eigenvalue weighted by atomic mass is 19.1. The summed E-state index contributed by atoms with van der Waals surface area (Å²) in [5, 5.41) is 4.83. The highest BCUT2D eigenvalue weighted by Gasteiger charge is 2.39. The Kier molecular flexibility index (Phi) is 7.66. The Labute approximate surface area is 259 Å². The molecule has 0 spiro atoms. The molecule has 0 bridgehead atoms. The summed E-state index contributed by atoms with van der Waals surface area (Å²) >= 11 is 0. The van der Waals surface area contributed by atoms with E-state index in [-0.39, 0.29) is 35.1 Å². The quantitative estimate of drug-likeness (QED) is 0.142. The Bertz CT molecular complexity index is 1910. The monoisotopic (exact) mass is 606 g/mol.